The second kappa shape index (κ2) is 7.15. The van der Waals surface area contributed by atoms with Crippen LogP contribution in [0.1, 0.15) is 0 Å². The maximum Gasteiger partial charge on any atom is 0.330 e. The first-order valence-corrected chi connectivity index (χ1v) is 8.17. The van der Waals surface area contributed by atoms with Crippen molar-refractivity contribution in [1.29, 1.82) is 0 Å². The van der Waals surface area contributed by atoms with E-state index in [4.69, 9.17) is 56.9 Å². The Hall–Kier alpha value is -0.240. The van der Waals surface area contributed by atoms with Crippen molar-refractivity contribution in [2.45, 2.75) is 10.3 Å². The van der Waals surface area contributed by atoms with Crippen LogP contribution < -0.4 is 10.1 Å². The summed E-state index contributed by atoms with van der Waals surface area (Å²) in [6, 6.07) is 2.35. The molecule has 0 aromatic heterocycles. The second-order valence-electron chi connectivity index (χ2n) is 3.68. The number of methoxy groups -OCH3 is 1. The van der Waals surface area contributed by atoms with Crippen LogP contribution in [0.2, 0.25) is 15.1 Å². The fraction of sp³-hybridized carbons (Fsp3) is 0.300. The van der Waals surface area contributed by atoms with Gasteiger partial charge in [0.05, 0.1) is 21.7 Å². The molecule has 0 saturated heterocycles. The average Bonchev–Trinajstić information content (AvgIpc) is 2.33. The number of nitrogens with one attached hydrogen (secondary N) is 1. The molecular weight excluding hydrogens is 370 g/mol. The van der Waals surface area contributed by atoms with Crippen molar-refractivity contribution >= 4 is 62.3 Å². The van der Waals surface area contributed by atoms with Crippen LogP contribution in [-0.2, 0) is 14.8 Å². The molecule has 1 rings (SSSR count). The lowest BCUT2D eigenvalue weighted by Gasteiger charge is -2.06. The summed E-state index contributed by atoms with van der Waals surface area (Å²) in [5.41, 5.74) is 5.56. The molecule has 0 fully saturated rings. The fourth-order valence-corrected chi connectivity index (χ4v) is 3.53. The van der Waals surface area contributed by atoms with Crippen molar-refractivity contribution in [2.75, 3.05) is 13.7 Å². The van der Waals surface area contributed by atoms with Crippen LogP contribution in [0.5, 0.6) is 0 Å². The Kier molecular flexibility index (Phi) is 6.37. The monoisotopic (exact) mass is 379 g/mol. The van der Waals surface area contributed by atoms with Crippen molar-refractivity contribution in [3.05, 3.63) is 27.2 Å². The van der Waals surface area contributed by atoms with E-state index in [1.165, 1.54) is 13.2 Å². The molecule has 0 unspecified atom stereocenters. The largest absolute Gasteiger partial charge is 0.382 e. The fourth-order valence-electron chi connectivity index (χ4n) is 1.22. The van der Waals surface area contributed by atoms with Gasteiger partial charge in [-0.25, -0.2) is 0 Å². The Morgan fingerprint density at radius 3 is 2.40 bits per heavy atom. The quantitative estimate of drug-likeness (QED) is 0.346. The van der Waals surface area contributed by atoms with E-state index < -0.39 is 15.4 Å². The van der Waals surface area contributed by atoms with E-state index in [1.807, 2.05) is 0 Å². The van der Waals surface area contributed by atoms with Crippen LogP contribution in [0.25, 0.3) is 0 Å². The van der Waals surface area contributed by atoms with Gasteiger partial charge in [-0.2, -0.15) is 12.8 Å². The predicted octanol–water partition coefficient (Wildman–Crippen LogP) is 1.03. The molecule has 1 aromatic carbocycles. The van der Waals surface area contributed by atoms with Gasteiger partial charge in [0.25, 0.3) is 5.84 Å². The summed E-state index contributed by atoms with van der Waals surface area (Å²) >= 11 is 23.2. The Bertz CT molecular complexity index is 634. The number of alkyl halides is 1. The number of rotatable bonds is 5. The summed E-state index contributed by atoms with van der Waals surface area (Å²) in [4.78, 5) is -0.252. The van der Waals surface area contributed by atoms with E-state index in [-0.39, 0.29) is 32.4 Å². The number of benzene rings is 1. The van der Waals surface area contributed by atoms with E-state index in [0.717, 1.165) is 6.07 Å². The van der Waals surface area contributed by atoms with Gasteiger partial charge in [-0.15, -0.1) is 11.6 Å². The first-order chi connectivity index (χ1) is 9.19. The molecule has 0 radical (unpaired) electrons. The van der Waals surface area contributed by atoms with Gasteiger partial charge in [0.15, 0.2) is 5.38 Å². The van der Waals surface area contributed by atoms with Crippen LogP contribution in [0.3, 0.4) is 0 Å². The van der Waals surface area contributed by atoms with Crippen molar-refractivity contribution < 1.29 is 17.6 Å². The van der Waals surface area contributed by atoms with E-state index in [2.05, 4.69) is 4.40 Å². The van der Waals surface area contributed by atoms with Gasteiger partial charge in [0, 0.05) is 7.11 Å². The Morgan fingerprint density at radius 1 is 1.30 bits per heavy atom. The van der Waals surface area contributed by atoms with Crippen molar-refractivity contribution in [3.63, 3.8) is 0 Å². The number of hydrogen-bond acceptors (Lipinski definition) is 3. The second-order valence-corrected chi connectivity index (χ2v) is 7.08. The highest BCUT2D eigenvalue weighted by molar-refractivity contribution is 7.85. The highest BCUT2D eigenvalue weighted by atomic mass is 35.5. The molecule has 0 aliphatic heterocycles. The van der Waals surface area contributed by atoms with Crippen molar-refractivity contribution in [1.82, 2.24) is 0 Å². The highest BCUT2D eigenvalue weighted by Gasteiger charge is 2.24. The van der Waals surface area contributed by atoms with Gasteiger partial charge in [-0.05, 0) is 12.1 Å². The number of ether oxygens (including phenoxy) is 1. The lowest BCUT2D eigenvalue weighted by atomic mass is 10.4. The van der Waals surface area contributed by atoms with Gasteiger partial charge in [-0.3, -0.25) is 5.73 Å². The third-order valence-corrected chi connectivity index (χ3v) is 5.10. The minimum atomic E-state index is -4.02. The maximum atomic E-state index is 12.1. The van der Waals surface area contributed by atoms with Gasteiger partial charge in [0.1, 0.15) is 4.90 Å². The van der Waals surface area contributed by atoms with Gasteiger partial charge in [-0.1, -0.05) is 34.8 Å². The molecular formula is C10H11Cl4N2O3S+. The maximum absolute atomic E-state index is 12.1. The molecule has 0 aliphatic rings. The summed E-state index contributed by atoms with van der Waals surface area (Å²) in [7, 11) is -2.61. The molecule has 20 heavy (non-hydrogen) atoms. The average molecular weight is 381 g/mol. The normalized spacial score (nSPS) is 14.3. The number of hydrogen-bond donors (Lipinski definition) is 2. The number of amidine groups is 1. The van der Waals surface area contributed by atoms with Crippen LogP contribution in [-0.4, -0.2) is 33.3 Å². The third kappa shape index (κ3) is 4.38. The minimum Gasteiger partial charge on any atom is -0.382 e. The zero-order valence-electron chi connectivity index (χ0n) is 10.2. The summed E-state index contributed by atoms with van der Waals surface area (Å²) in [5.74, 6) is -0.185. The van der Waals surface area contributed by atoms with Gasteiger partial charge < -0.3 is 4.74 Å². The lowest BCUT2D eigenvalue weighted by molar-refractivity contribution is -0.270. The van der Waals surface area contributed by atoms with E-state index in [0.29, 0.717) is 0 Å². The van der Waals surface area contributed by atoms with Crippen molar-refractivity contribution in [2.24, 2.45) is 5.73 Å². The lowest BCUT2D eigenvalue weighted by Crippen LogP contribution is -2.80. The number of sulfonamides is 1. The molecule has 0 saturated carbocycles. The SMILES string of the molecule is COC[C@H](Cl)C(N)=[NH+]S(=O)(=O)c1cc(Cl)c(Cl)cc1Cl. The standard InChI is InChI=1S/C10H10Cl4N2O3S/c1-19-4-8(14)10(15)16-20(17,18)9-3-6(12)5(11)2-7(9)13/h2-3,8H,4H2,1H3,(H2,15,16)/p+1/t8-/m0/s1. The molecule has 0 amide bonds. The Morgan fingerprint density at radius 2 is 1.85 bits per heavy atom. The number of halogens is 4. The first kappa shape index (κ1) is 17.8. The molecule has 5 nitrogen and oxygen atoms in total. The topological polar surface area (TPSA) is 83.4 Å². The van der Waals surface area contributed by atoms with E-state index in [9.17, 15) is 8.42 Å². The molecule has 112 valence electrons. The highest BCUT2D eigenvalue weighted by Crippen LogP contribution is 2.30. The molecule has 0 spiro atoms. The molecule has 0 heterocycles. The van der Waals surface area contributed by atoms with Gasteiger partial charge in [0.2, 0.25) is 0 Å². The summed E-state index contributed by atoms with van der Waals surface area (Å²) in [6.45, 7) is 0.0466. The van der Waals surface area contributed by atoms with E-state index in [1.54, 1.807) is 0 Å². The molecule has 1 aromatic rings. The Balaban J connectivity index is 3.24. The van der Waals surface area contributed by atoms with Crippen LogP contribution >= 0.6 is 46.4 Å². The summed E-state index contributed by atoms with van der Waals surface area (Å²) < 4.78 is 31.2. The summed E-state index contributed by atoms with van der Waals surface area (Å²) in [5, 5.41) is -0.717. The van der Waals surface area contributed by atoms with Crippen LogP contribution in [0, 0.1) is 0 Å². The zero-order chi connectivity index (χ0) is 15.5. The summed E-state index contributed by atoms with van der Waals surface area (Å²) in [6.07, 6.45) is 0. The molecule has 3 N–H and O–H groups in total. The molecule has 1 atom stereocenters. The number of nitrogens with two attached hydrogens (primary N) is 1. The minimum absolute atomic E-state index is 0.0466. The molecule has 10 heteroatoms. The van der Waals surface area contributed by atoms with Crippen LogP contribution in [0.15, 0.2) is 17.0 Å². The molecule has 0 bridgehead atoms. The van der Waals surface area contributed by atoms with E-state index >= 15 is 0 Å². The third-order valence-electron chi connectivity index (χ3n) is 2.17. The Labute approximate surface area is 136 Å². The van der Waals surface area contributed by atoms with Crippen molar-refractivity contribution in [3.8, 4) is 0 Å². The van der Waals surface area contributed by atoms with Crippen LogP contribution in [0.4, 0.5) is 0 Å². The predicted molar refractivity (Wildman–Crippen MR) is 80.3 cm³/mol. The zero-order valence-corrected chi connectivity index (χ0v) is 14.0. The van der Waals surface area contributed by atoms with Gasteiger partial charge >= 0.3 is 10.0 Å². The smallest absolute Gasteiger partial charge is 0.330 e. The molecule has 0 aliphatic carbocycles. The first-order valence-electron chi connectivity index (χ1n) is 5.11.